The lowest BCUT2D eigenvalue weighted by atomic mass is 9.92. The van der Waals surface area contributed by atoms with Crippen LogP contribution in [-0.4, -0.2) is 37.4 Å². The molecule has 1 aliphatic rings. The van der Waals surface area contributed by atoms with Gasteiger partial charge in [-0.2, -0.15) is 0 Å². The number of hydrogen-bond donors (Lipinski definition) is 1. The maximum Gasteiger partial charge on any atom is 0.169 e. The average Bonchev–Trinajstić information content (AvgIpc) is 2.90. The van der Waals surface area contributed by atoms with E-state index in [1.807, 2.05) is 30.3 Å². The smallest absolute Gasteiger partial charge is 0.169 e. The Kier molecular flexibility index (Phi) is 7.91. The summed E-state index contributed by atoms with van der Waals surface area (Å²) in [7, 11) is 3.33. The molecule has 4 rings (SSSR count). The molecule has 1 unspecified atom stereocenters. The van der Waals surface area contributed by atoms with Crippen LogP contribution in [0.25, 0.3) is 0 Å². The molecule has 0 fully saturated rings. The zero-order valence-corrected chi connectivity index (χ0v) is 20.9. The van der Waals surface area contributed by atoms with Gasteiger partial charge in [0.05, 0.1) is 20.3 Å². The Bertz CT molecular complexity index is 1100. The van der Waals surface area contributed by atoms with Crippen molar-refractivity contribution in [3.8, 4) is 17.2 Å². The quantitative estimate of drug-likeness (QED) is 0.444. The third-order valence-corrected chi connectivity index (χ3v) is 6.67. The Balaban J connectivity index is 1.58. The van der Waals surface area contributed by atoms with Gasteiger partial charge in [0.25, 0.3) is 0 Å². The van der Waals surface area contributed by atoms with Crippen molar-refractivity contribution in [1.82, 2.24) is 10.2 Å². The van der Waals surface area contributed by atoms with Crippen molar-refractivity contribution in [1.29, 1.82) is 0 Å². The fourth-order valence-corrected chi connectivity index (χ4v) is 4.61. The Morgan fingerprint density at radius 3 is 2.35 bits per heavy atom. The Morgan fingerprint density at radius 1 is 0.971 bits per heavy atom. The second-order valence-corrected chi connectivity index (χ2v) is 8.70. The van der Waals surface area contributed by atoms with Crippen molar-refractivity contribution in [3.05, 3.63) is 89.0 Å². The molecule has 5 nitrogen and oxygen atoms in total. The van der Waals surface area contributed by atoms with Gasteiger partial charge in [-0.3, -0.25) is 0 Å². The molecule has 3 aromatic rings. The Hall–Kier alpha value is -3.25. The summed E-state index contributed by atoms with van der Waals surface area (Å²) in [5, 5.41) is 4.16. The highest BCUT2D eigenvalue weighted by Crippen LogP contribution is 2.38. The lowest BCUT2D eigenvalue weighted by Gasteiger charge is -2.39. The molecule has 178 valence electrons. The van der Waals surface area contributed by atoms with Crippen molar-refractivity contribution < 1.29 is 14.2 Å². The van der Waals surface area contributed by atoms with E-state index in [0.29, 0.717) is 18.9 Å². The second-order valence-electron chi connectivity index (χ2n) is 8.32. The van der Waals surface area contributed by atoms with Crippen LogP contribution in [0.4, 0.5) is 0 Å². The van der Waals surface area contributed by atoms with Crippen LogP contribution in [0.3, 0.4) is 0 Å². The van der Waals surface area contributed by atoms with Crippen molar-refractivity contribution in [2.45, 2.75) is 32.4 Å². The number of hydrogen-bond acceptors (Lipinski definition) is 4. The molecular formula is C28H32N2O3S. The first kappa shape index (κ1) is 23.9. The number of aryl methyl sites for hydroxylation is 1. The lowest BCUT2D eigenvalue weighted by molar-refractivity contribution is 0.187. The third kappa shape index (κ3) is 5.45. The van der Waals surface area contributed by atoms with Gasteiger partial charge in [0, 0.05) is 13.1 Å². The molecule has 1 N–H and O–H groups in total. The number of thiocarbonyl (C=S) groups is 1. The van der Waals surface area contributed by atoms with Gasteiger partial charge in [-0.25, -0.2) is 0 Å². The van der Waals surface area contributed by atoms with E-state index in [9.17, 15) is 0 Å². The van der Waals surface area contributed by atoms with Crippen LogP contribution < -0.4 is 19.5 Å². The molecule has 0 aromatic heterocycles. The third-order valence-electron chi connectivity index (χ3n) is 6.29. The summed E-state index contributed by atoms with van der Waals surface area (Å²) in [4.78, 5) is 2.23. The number of nitrogens with one attached hydrogen (secondary N) is 1. The fourth-order valence-electron chi connectivity index (χ4n) is 4.32. The highest BCUT2D eigenvalue weighted by Gasteiger charge is 2.31. The molecular weight excluding hydrogens is 444 g/mol. The van der Waals surface area contributed by atoms with Crippen molar-refractivity contribution in [2.24, 2.45) is 0 Å². The van der Waals surface area contributed by atoms with E-state index < -0.39 is 0 Å². The Morgan fingerprint density at radius 2 is 1.68 bits per heavy atom. The van der Waals surface area contributed by atoms with Crippen molar-refractivity contribution in [2.75, 3.05) is 27.4 Å². The maximum atomic E-state index is 6.27. The second kappa shape index (κ2) is 11.3. The van der Waals surface area contributed by atoms with E-state index >= 15 is 0 Å². The standard InChI is InChI=1S/C28H32N2O3S/c1-4-20-10-12-23(13-11-20)33-19-25-24-17-27(32-3)26(31-2)16-22(24)14-15-30(25)28(34)29-18-21-8-6-5-7-9-21/h5-13,16-17,25H,4,14-15,18-19H2,1-3H3,(H,29,34). The minimum absolute atomic E-state index is 0.0508. The number of rotatable bonds is 8. The van der Waals surface area contributed by atoms with E-state index in [-0.39, 0.29) is 6.04 Å². The van der Waals surface area contributed by atoms with Gasteiger partial charge in [0.1, 0.15) is 12.4 Å². The van der Waals surface area contributed by atoms with Gasteiger partial charge < -0.3 is 24.4 Å². The molecule has 0 saturated heterocycles. The van der Waals surface area contributed by atoms with E-state index in [1.165, 1.54) is 16.7 Å². The maximum absolute atomic E-state index is 6.27. The number of nitrogens with zero attached hydrogens (tertiary/aromatic N) is 1. The molecule has 6 heteroatoms. The van der Waals surface area contributed by atoms with Gasteiger partial charge in [-0.05, 0) is 71.6 Å². The summed E-state index contributed by atoms with van der Waals surface area (Å²) in [5.74, 6) is 2.31. The number of methoxy groups -OCH3 is 2. The summed E-state index contributed by atoms with van der Waals surface area (Å²) >= 11 is 5.86. The first-order valence-corrected chi connectivity index (χ1v) is 12.1. The average molecular weight is 477 g/mol. The molecule has 1 aliphatic heterocycles. The van der Waals surface area contributed by atoms with E-state index in [2.05, 4.69) is 53.5 Å². The zero-order chi connectivity index (χ0) is 23.9. The predicted molar refractivity (Wildman–Crippen MR) is 140 cm³/mol. The normalized spacial score (nSPS) is 14.8. The highest BCUT2D eigenvalue weighted by atomic mass is 32.1. The van der Waals surface area contributed by atoms with Gasteiger partial charge in [-0.15, -0.1) is 0 Å². The van der Waals surface area contributed by atoms with Crippen LogP contribution in [0.5, 0.6) is 17.2 Å². The number of ether oxygens (including phenoxy) is 3. The lowest BCUT2D eigenvalue weighted by Crippen LogP contribution is -2.47. The minimum Gasteiger partial charge on any atom is -0.493 e. The van der Waals surface area contributed by atoms with Crippen LogP contribution in [-0.2, 0) is 19.4 Å². The largest absolute Gasteiger partial charge is 0.493 e. The SMILES string of the molecule is CCc1ccc(OCC2c3cc(OC)c(OC)cc3CCN2C(=S)NCc2ccccc2)cc1. The van der Waals surface area contributed by atoms with E-state index in [4.69, 9.17) is 26.4 Å². The van der Waals surface area contributed by atoms with Gasteiger partial charge in [-0.1, -0.05) is 49.4 Å². The van der Waals surface area contributed by atoms with Gasteiger partial charge in [0.15, 0.2) is 16.6 Å². The molecule has 0 spiro atoms. The topological polar surface area (TPSA) is 43.0 Å². The highest BCUT2D eigenvalue weighted by molar-refractivity contribution is 7.80. The molecule has 34 heavy (non-hydrogen) atoms. The molecule has 0 bridgehead atoms. The zero-order valence-electron chi connectivity index (χ0n) is 20.0. The first-order valence-electron chi connectivity index (χ1n) is 11.7. The molecule has 1 heterocycles. The van der Waals surface area contributed by atoms with Crippen LogP contribution >= 0.6 is 12.2 Å². The van der Waals surface area contributed by atoms with E-state index in [0.717, 1.165) is 41.6 Å². The van der Waals surface area contributed by atoms with Gasteiger partial charge >= 0.3 is 0 Å². The summed E-state index contributed by atoms with van der Waals surface area (Å²) in [6.45, 7) is 4.10. The summed E-state index contributed by atoms with van der Waals surface area (Å²) in [6, 6.07) is 22.7. The van der Waals surface area contributed by atoms with Crippen LogP contribution in [0.1, 0.15) is 35.2 Å². The number of benzene rings is 3. The van der Waals surface area contributed by atoms with Crippen LogP contribution in [0.15, 0.2) is 66.7 Å². The fraction of sp³-hybridized carbons (Fsp3) is 0.321. The monoisotopic (exact) mass is 476 g/mol. The predicted octanol–water partition coefficient (Wildman–Crippen LogP) is 5.32. The van der Waals surface area contributed by atoms with Gasteiger partial charge in [0.2, 0.25) is 0 Å². The molecule has 0 aliphatic carbocycles. The van der Waals surface area contributed by atoms with Crippen molar-refractivity contribution in [3.63, 3.8) is 0 Å². The summed E-state index contributed by atoms with van der Waals surface area (Å²) < 4.78 is 17.4. The first-order chi connectivity index (χ1) is 16.6. The minimum atomic E-state index is -0.0508. The molecule has 1 atom stereocenters. The summed E-state index contributed by atoms with van der Waals surface area (Å²) in [5.41, 5.74) is 4.87. The molecule has 3 aromatic carbocycles. The molecule has 0 saturated carbocycles. The Labute approximate surface area is 207 Å². The van der Waals surface area contributed by atoms with Crippen LogP contribution in [0, 0.1) is 0 Å². The van der Waals surface area contributed by atoms with E-state index in [1.54, 1.807) is 14.2 Å². The van der Waals surface area contributed by atoms with Crippen LogP contribution in [0.2, 0.25) is 0 Å². The molecule has 0 amide bonds. The summed E-state index contributed by atoms with van der Waals surface area (Å²) in [6.07, 6.45) is 1.87. The van der Waals surface area contributed by atoms with Crippen molar-refractivity contribution >= 4 is 17.3 Å². The number of fused-ring (bicyclic) bond motifs is 1. The molecule has 0 radical (unpaired) electrons.